The molecule has 3 N–H and O–H groups in total. The summed E-state index contributed by atoms with van der Waals surface area (Å²) in [7, 11) is 1.63. The van der Waals surface area contributed by atoms with Gasteiger partial charge in [0.25, 0.3) is 0 Å². The van der Waals surface area contributed by atoms with E-state index in [0.29, 0.717) is 81.6 Å². The van der Waals surface area contributed by atoms with Gasteiger partial charge in [-0.15, -0.1) is 0 Å². The lowest BCUT2D eigenvalue weighted by atomic mass is 9.85. The van der Waals surface area contributed by atoms with Crippen LogP contribution in [0.1, 0.15) is 35.2 Å². The first kappa shape index (κ1) is 31.9. The monoisotopic (exact) mass is 638 g/mol. The maximum absolute atomic E-state index is 13.9. The van der Waals surface area contributed by atoms with E-state index in [2.05, 4.69) is 24.8 Å². The Kier molecular flexibility index (Phi) is 9.08. The van der Waals surface area contributed by atoms with Gasteiger partial charge < -0.3 is 15.5 Å². The molecule has 12 nitrogen and oxygen atoms in total. The fourth-order valence-corrected chi connectivity index (χ4v) is 6.58. The van der Waals surface area contributed by atoms with Crippen molar-refractivity contribution in [2.45, 2.75) is 19.8 Å². The van der Waals surface area contributed by atoms with Crippen molar-refractivity contribution in [3.63, 3.8) is 0 Å². The number of nitrogens with two attached hydrogens (primary N) is 1. The minimum absolute atomic E-state index is 0.0155. The van der Waals surface area contributed by atoms with Crippen molar-refractivity contribution in [3.05, 3.63) is 82.9 Å². The van der Waals surface area contributed by atoms with Crippen molar-refractivity contribution in [1.82, 2.24) is 19.8 Å². The Balaban J connectivity index is 1.03. The predicted molar refractivity (Wildman–Crippen MR) is 180 cm³/mol. The second-order valence-corrected chi connectivity index (χ2v) is 12.3. The van der Waals surface area contributed by atoms with Crippen LogP contribution in [0.2, 0.25) is 0 Å². The Morgan fingerprint density at radius 1 is 1.00 bits per heavy atom. The summed E-state index contributed by atoms with van der Waals surface area (Å²) >= 11 is 0. The molecule has 0 bridgehead atoms. The topological polar surface area (TPSA) is 147 Å². The number of nitrogens with one attached hydrogen (secondary N) is 1. The Hall–Kier alpha value is -5.04. The molecule has 3 fully saturated rings. The number of aryl methyl sites for hydroxylation is 1. The van der Waals surface area contributed by atoms with Crippen molar-refractivity contribution < 1.29 is 14.0 Å². The molecule has 244 valence electrons. The average Bonchev–Trinajstić information content (AvgIpc) is 3.65. The van der Waals surface area contributed by atoms with Gasteiger partial charge in [-0.3, -0.25) is 29.8 Å². The van der Waals surface area contributed by atoms with E-state index >= 15 is 0 Å². The van der Waals surface area contributed by atoms with Gasteiger partial charge in [-0.2, -0.15) is 0 Å². The van der Waals surface area contributed by atoms with Crippen LogP contribution in [-0.4, -0.2) is 109 Å². The van der Waals surface area contributed by atoms with E-state index in [1.165, 1.54) is 18.5 Å². The number of halogens is 1. The van der Waals surface area contributed by atoms with Crippen molar-refractivity contribution in [2.75, 3.05) is 69.2 Å². The molecule has 47 heavy (non-hydrogen) atoms. The Morgan fingerprint density at radius 3 is 2.40 bits per heavy atom. The van der Waals surface area contributed by atoms with Crippen LogP contribution in [0.3, 0.4) is 0 Å². The molecule has 3 aromatic rings. The number of rotatable bonds is 8. The van der Waals surface area contributed by atoms with Crippen LogP contribution < -0.4 is 15.5 Å². The van der Waals surface area contributed by atoms with Gasteiger partial charge in [-0.05, 0) is 74.3 Å². The van der Waals surface area contributed by atoms with Gasteiger partial charge in [-0.1, -0.05) is 6.07 Å². The van der Waals surface area contributed by atoms with E-state index in [4.69, 9.17) is 16.1 Å². The zero-order chi connectivity index (χ0) is 33.1. The molecule has 1 atom stereocenters. The number of aromatic nitrogens is 2. The maximum atomic E-state index is 13.9. The van der Waals surface area contributed by atoms with Gasteiger partial charge in [-0.25, -0.2) is 19.4 Å². The predicted octanol–water partition coefficient (Wildman–Crippen LogP) is 2.48. The fraction of sp³-hybridized carbons (Fsp3) is 0.382. The number of amides is 2. The van der Waals surface area contributed by atoms with E-state index < -0.39 is 5.41 Å². The molecule has 0 radical (unpaired) electrons. The zero-order valence-electron chi connectivity index (χ0n) is 26.7. The van der Waals surface area contributed by atoms with Gasteiger partial charge in [0.05, 0.1) is 23.4 Å². The van der Waals surface area contributed by atoms with E-state index in [1.54, 1.807) is 30.3 Å². The SMILES string of the molecule is CN=CN=C(N)c1ccc(N2CCN(C(=O)CN3CC[C@]4(CCN(c5ccc(C)c(C(=N)c6ccc(F)cc6)n5)C4=O)C3)CC2)nc1. The number of amidine groups is 1. The molecule has 13 heteroatoms. The zero-order valence-corrected chi connectivity index (χ0v) is 26.7. The number of carbonyl (C=O) groups is 2. The molecule has 3 aliphatic heterocycles. The molecule has 3 aliphatic rings. The van der Waals surface area contributed by atoms with Gasteiger partial charge in [0.1, 0.15) is 29.6 Å². The van der Waals surface area contributed by atoms with Crippen LogP contribution in [0.15, 0.2) is 64.7 Å². The molecular weight excluding hydrogens is 599 g/mol. The van der Waals surface area contributed by atoms with Crippen LogP contribution >= 0.6 is 0 Å². The minimum Gasteiger partial charge on any atom is -0.383 e. The summed E-state index contributed by atoms with van der Waals surface area (Å²) in [5.74, 6) is 1.40. The van der Waals surface area contributed by atoms with E-state index in [9.17, 15) is 14.0 Å². The third kappa shape index (κ3) is 6.61. The summed E-state index contributed by atoms with van der Waals surface area (Å²) in [5, 5.41) is 8.68. The van der Waals surface area contributed by atoms with Crippen molar-refractivity contribution in [2.24, 2.45) is 21.1 Å². The minimum atomic E-state index is -0.550. The Morgan fingerprint density at radius 2 is 1.70 bits per heavy atom. The van der Waals surface area contributed by atoms with E-state index in [0.717, 1.165) is 16.9 Å². The Labute approximate surface area is 273 Å². The molecule has 5 heterocycles. The molecular formula is C34H39FN10O2. The van der Waals surface area contributed by atoms with Crippen molar-refractivity contribution in [3.8, 4) is 0 Å². The largest absolute Gasteiger partial charge is 0.383 e. The number of likely N-dealkylation sites (tertiary alicyclic amines) is 1. The summed E-state index contributed by atoms with van der Waals surface area (Å²) in [6.45, 7) is 6.43. The van der Waals surface area contributed by atoms with Crippen molar-refractivity contribution >= 4 is 41.3 Å². The summed E-state index contributed by atoms with van der Waals surface area (Å²) in [6, 6.07) is 13.2. The van der Waals surface area contributed by atoms with Crippen LogP contribution in [-0.2, 0) is 9.59 Å². The third-order valence-corrected chi connectivity index (χ3v) is 9.35. The van der Waals surface area contributed by atoms with Gasteiger partial charge >= 0.3 is 0 Å². The average molecular weight is 639 g/mol. The highest BCUT2D eigenvalue weighted by molar-refractivity contribution is 6.11. The number of nitrogens with zero attached hydrogens (tertiary/aromatic N) is 8. The van der Waals surface area contributed by atoms with E-state index in [1.807, 2.05) is 36.1 Å². The molecule has 0 aliphatic carbocycles. The third-order valence-electron chi connectivity index (χ3n) is 9.35. The van der Waals surface area contributed by atoms with Crippen LogP contribution in [0.25, 0.3) is 0 Å². The van der Waals surface area contributed by atoms with Gasteiger partial charge in [0.2, 0.25) is 11.8 Å². The molecule has 6 rings (SSSR count). The number of anilines is 2. The summed E-state index contributed by atoms with van der Waals surface area (Å²) in [5.41, 5.74) is 8.14. The highest BCUT2D eigenvalue weighted by atomic mass is 19.1. The number of hydrogen-bond acceptors (Lipinski definition) is 8. The summed E-state index contributed by atoms with van der Waals surface area (Å²) in [4.78, 5) is 52.1. The number of pyridine rings is 2. The normalized spacial score (nSPS) is 20.6. The molecule has 2 amide bonds. The number of carbonyl (C=O) groups excluding carboxylic acids is 2. The second kappa shape index (κ2) is 13.4. The fourth-order valence-electron chi connectivity index (χ4n) is 6.58. The quantitative estimate of drug-likeness (QED) is 0.285. The molecule has 1 aromatic carbocycles. The first-order valence-corrected chi connectivity index (χ1v) is 15.8. The highest BCUT2D eigenvalue weighted by Gasteiger charge is 2.51. The number of benzene rings is 1. The van der Waals surface area contributed by atoms with E-state index in [-0.39, 0.29) is 29.9 Å². The van der Waals surface area contributed by atoms with Crippen LogP contribution in [0.5, 0.6) is 0 Å². The molecule has 2 aromatic heterocycles. The first-order valence-electron chi connectivity index (χ1n) is 15.8. The van der Waals surface area contributed by atoms with Gasteiger partial charge in [0, 0.05) is 63.6 Å². The lowest BCUT2D eigenvalue weighted by Gasteiger charge is -2.36. The maximum Gasteiger partial charge on any atom is 0.236 e. The van der Waals surface area contributed by atoms with Crippen LogP contribution in [0, 0.1) is 23.6 Å². The molecule has 0 unspecified atom stereocenters. The number of piperazine rings is 1. The van der Waals surface area contributed by atoms with Gasteiger partial charge in [0.15, 0.2) is 0 Å². The smallest absolute Gasteiger partial charge is 0.236 e. The number of hydrogen-bond donors (Lipinski definition) is 2. The lowest BCUT2D eigenvalue weighted by molar-refractivity contribution is -0.133. The standard InChI is InChI=1S/C34H39FN10O2/c1-23-3-9-28(41-31(23)30(36)24-4-7-26(35)8-5-24)45-14-12-34(33(45)47)11-13-42(21-34)20-29(46)44-17-15-43(16-18-44)27-10-6-25(19-39-27)32(37)40-22-38-2/h3-10,19,22,36H,11-18,20-21H2,1-2H3,(H2,37,38,40)/t34-/m0/s1. The second-order valence-electron chi connectivity index (χ2n) is 12.3. The first-order chi connectivity index (χ1) is 22.7. The summed E-state index contributed by atoms with van der Waals surface area (Å²) < 4.78 is 13.4. The summed E-state index contributed by atoms with van der Waals surface area (Å²) in [6.07, 6.45) is 4.46. The molecule has 1 spiro atoms. The number of aliphatic imine (C=N–C) groups is 2. The van der Waals surface area contributed by atoms with Crippen LogP contribution in [0.4, 0.5) is 16.0 Å². The molecule has 0 saturated carbocycles. The van der Waals surface area contributed by atoms with Crippen molar-refractivity contribution in [1.29, 1.82) is 5.41 Å². The molecule has 3 saturated heterocycles. The Bertz CT molecular complexity index is 1720. The lowest BCUT2D eigenvalue weighted by Crippen LogP contribution is -2.51. The highest BCUT2D eigenvalue weighted by Crippen LogP contribution is 2.42.